The van der Waals surface area contributed by atoms with Gasteiger partial charge in [-0.25, -0.2) is 9.59 Å². The Kier molecular flexibility index (Phi) is 3.39. The maximum atomic E-state index is 12.2. The van der Waals surface area contributed by atoms with E-state index in [1.807, 2.05) is 30.3 Å². The van der Waals surface area contributed by atoms with Crippen molar-refractivity contribution in [3.05, 3.63) is 71.3 Å². The smallest absolute Gasteiger partial charge is 0.372 e. The van der Waals surface area contributed by atoms with Crippen molar-refractivity contribution in [2.45, 2.75) is 11.7 Å². The van der Waals surface area contributed by atoms with Crippen molar-refractivity contribution < 1.29 is 19.1 Å². The molecule has 0 saturated heterocycles. The molecule has 0 amide bonds. The maximum Gasteiger partial charge on any atom is 0.372 e. The molecular weight excluding hydrogens is 292 g/mol. The number of carbonyl (C=O) groups excluding carboxylic acids is 2. The first-order valence-corrected chi connectivity index (χ1v) is 6.72. The molecule has 0 bridgehead atoms. The molecule has 5 heteroatoms. The van der Waals surface area contributed by atoms with Crippen molar-refractivity contribution in [3.8, 4) is 0 Å². The molecule has 0 spiro atoms. The van der Waals surface area contributed by atoms with Gasteiger partial charge in [0.25, 0.3) is 0 Å². The molecule has 1 atom stereocenters. The zero-order valence-electron chi connectivity index (χ0n) is 10.9. The van der Waals surface area contributed by atoms with Gasteiger partial charge in [-0.2, -0.15) is 0 Å². The van der Waals surface area contributed by atoms with Crippen molar-refractivity contribution in [2.24, 2.45) is 0 Å². The molecule has 0 saturated carbocycles. The van der Waals surface area contributed by atoms with Gasteiger partial charge in [-0.05, 0) is 11.6 Å². The van der Waals surface area contributed by atoms with Gasteiger partial charge in [0.15, 0.2) is 0 Å². The average Bonchev–Trinajstić information content (AvgIpc) is 2.79. The summed E-state index contributed by atoms with van der Waals surface area (Å²) in [7, 11) is 0. The van der Waals surface area contributed by atoms with E-state index in [0.717, 1.165) is 5.56 Å². The number of cyclic esters (lactones) is 1. The Balaban J connectivity index is 1.80. The lowest BCUT2D eigenvalue weighted by atomic mass is 10.1. The zero-order chi connectivity index (χ0) is 14.9. The van der Waals surface area contributed by atoms with Gasteiger partial charge in [0, 0.05) is 5.56 Å². The molecule has 0 fully saturated rings. The van der Waals surface area contributed by atoms with E-state index < -0.39 is 17.0 Å². The molecule has 3 rings (SSSR count). The van der Waals surface area contributed by atoms with Crippen molar-refractivity contribution in [2.75, 3.05) is 0 Å². The third-order valence-corrected chi connectivity index (χ3v) is 3.64. The Morgan fingerprint density at radius 3 is 2.52 bits per heavy atom. The number of benzene rings is 2. The molecule has 1 heterocycles. The van der Waals surface area contributed by atoms with Crippen molar-refractivity contribution in [1.82, 2.24) is 0 Å². The van der Waals surface area contributed by atoms with Crippen LogP contribution in [0.2, 0.25) is 0 Å². The summed E-state index contributed by atoms with van der Waals surface area (Å²) < 4.78 is 10.2. The molecule has 0 radical (unpaired) electrons. The van der Waals surface area contributed by atoms with Gasteiger partial charge < -0.3 is 9.47 Å². The quantitative estimate of drug-likeness (QED) is 0.646. The minimum atomic E-state index is -1.90. The lowest BCUT2D eigenvalue weighted by Gasteiger charge is -2.19. The standard InChI is InChI=1S/C16H11ClO4/c17-16(13-9-5-4-8-12(13)14(18)21-16)15(19)20-10-11-6-2-1-3-7-11/h1-9H,10H2. The van der Waals surface area contributed by atoms with Crippen LogP contribution in [0.5, 0.6) is 0 Å². The largest absolute Gasteiger partial charge is 0.457 e. The molecule has 2 aromatic rings. The molecule has 106 valence electrons. The van der Waals surface area contributed by atoms with Gasteiger partial charge in [0.1, 0.15) is 6.61 Å². The van der Waals surface area contributed by atoms with Crippen LogP contribution in [0.3, 0.4) is 0 Å². The van der Waals surface area contributed by atoms with Gasteiger partial charge in [-0.3, -0.25) is 0 Å². The summed E-state index contributed by atoms with van der Waals surface area (Å²) in [5, 5.41) is -1.90. The minimum Gasteiger partial charge on any atom is -0.457 e. The molecule has 0 aromatic heterocycles. The first-order chi connectivity index (χ1) is 10.1. The van der Waals surface area contributed by atoms with Crippen LogP contribution in [-0.4, -0.2) is 11.9 Å². The predicted octanol–water partition coefficient (Wildman–Crippen LogP) is 2.99. The molecule has 21 heavy (non-hydrogen) atoms. The number of carbonyl (C=O) groups is 2. The average molecular weight is 303 g/mol. The molecule has 1 unspecified atom stereocenters. The number of ether oxygens (including phenoxy) is 2. The maximum absolute atomic E-state index is 12.2. The van der Waals surface area contributed by atoms with Crippen molar-refractivity contribution in [3.63, 3.8) is 0 Å². The fraction of sp³-hybridized carbons (Fsp3) is 0.125. The monoisotopic (exact) mass is 302 g/mol. The van der Waals surface area contributed by atoms with E-state index in [2.05, 4.69) is 0 Å². The van der Waals surface area contributed by atoms with Crippen LogP contribution in [0, 0.1) is 0 Å². The summed E-state index contributed by atoms with van der Waals surface area (Å²) in [6, 6.07) is 15.7. The van der Waals surface area contributed by atoms with Crippen LogP contribution in [0.15, 0.2) is 54.6 Å². The highest BCUT2D eigenvalue weighted by Gasteiger charge is 2.51. The molecule has 4 nitrogen and oxygen atoms in total. The highest BCUT2D eigenvalue weighted by Crippen LogP contribution is 2.41. The fourth-order valence-electron chi connectivity index (χ4n) is 2.15. The second-order valence-electron chi connectivity index (χ2n) is 4.59. The van der Waals surface area contributed by atoms with E-state index in [1.54, 1.807) is 24.3 Å². The van der Waals surface area contributed by atoms with Crippen LogP contribution in [0.1, 0.15) is 21.5 Å². The normalized spacial score (nSPS) is 19.8. The van der Waals surface area contributed by atoms with Crippen LogP contribution in [-0.2, 0) is 25.9 Å². The third kappa shape index (κ3) is 2.38. The second kappa shape index (κ2) is 5.22. The number of fused-ring (bicyclic) bond motifs is 1. The highest BCUT2D eigenvalue weighted by atomic mass is 35.5. The van der Waals surface area contributed by atoms with Crippen LogP contribution >= 0.6 is 11.6 Å². The number of hydrogen-bond donors (Lipinski definition) is 0. The van der Waals surface area contributed by atoms with E-state index in [-0.39, 0.29) is 12.2 Å². The first kappa shape index (κ1) is 13.6. The van der Waals surface area contributed by atoms with Crippen LogP contribution in [0.25, 0.3) is 0 Å². The summed E-state index contributed by atoms with van der Waals surface area (Å²) in [6.07, 6.45) is 0. The van der Waals surface area contributed by atoms with Crippen molar-refractivity contribution >= 4 is 23.5 Å². The summed E-state index contributed by atoms with van der Waals surface area (Å²) >= 11 is 6.20. The summed E-state index contributed by atoms with van der Waals surface area (Å²) in [5.41, 5.74) is 1.42. The van der Waals surface area contributed by atoms with E-state index in [4.69, 9.17) is 21.1 Å². The van der Waals surface area contributed by atoms with Gasteiger partial charge >= 0.3 is 17.0 Å². The first-order valence-electron chi connectivity index (χ1n) is 6.34. The number of rotatable bonds is 3. The Bertz CT molecular complexity index is 698. The summed E-state index contributed by atoms with van der Waals surface area (Å²) in [5.74, 6) is -1.43. The predicted molar refractivity (Wildman–Crippen MR) is 75.6 cm³/mol. The summed E-state index contributed by atoms with van der Waals surface area (Å²) in [4.78, 5) is 24.0. The second-order valence-corrected chi connectivity index (χ2v) is 5.12. The Labute approximate surface area is 126 Å². The topological polar surface area (TPSA) is 52.6 Å². The fourth-order valence-corrected chi connectivity index (χ4v) is 2.44. The highest BCUT2D eigenvalue weighted by molar-refractivity contribution is 6.35. The molecule has 2 aromatic carbocycles. The SMILES string of the molecule is O=C1OC(Cl)(C(=O)OCc2ccccc2)c2ccccc21. The van der Waals surface area contributed by atoms with Crippen molar-refractivity contribution in [1.29, 1.82) is 0 Å². The lowest BCUT2D eigenvalue weighted by molar-refractivity contribution is -0.158. The summed E-state index contributed by atoms with van der Waals surface area (Å²) in [6.45, 7) is 0.0634. The number of esters is 2. The van der Waals surface area contributed by atoms with E-state index >= 15 is 0 Å². The van der Waals surface area contributed by atoms with Crippen LogP contribution in [0.4, 0.5) is 0 Å². The lowest BCUT2D eigenvalue weighted by Crippen LogP contribution is -2.31. The Hall–Kier alpha value is -2.33. The number of alkyl halides is 1. The number of halogens is 1. The van der Waals surface area contributed by atoms with Gasteiger partial charge in [0.05, 0.1) is 5.56 Å². The van der Waals surface area contributed by atoms with E-state index in [0.29, 0.717) is 5.56 Å². The molecule has 1 aliphatic heterocycles. The van der Waals surface area contributed by atoms with Gasteiger partial charge in [-0.15, -0.1) is 0 Å². The van der Waals surface area contributed by atoms with Gasteiger partial charge in [-0.1, -0.05) is 60.1 Å². The molecule has 0 aliphatic carbocycles. The van der Waals surface area contributed by atoms with E-state index in [9.17, 15) is 9.59 Å². The molecule has 0 N–H and O–H groups in total. The Morgan fingerprint density at radius 2 is 1.76 bits per heavy atom. The third-order valence-electron chi connectivity index (χ3n) is 3.20. The Morgan fingerprint density at radius 1 is 1.10 bits per heavy atom. The van der Waals surface area contributed by atoms with E-state index in [1.165, 1.54) is 0 Å². The minimum absolute atomic E-state index is 0.0634. The molecular formula is C16H11ClO4. The molecule has 1 aliphatic rings. The van der Waals surface area contributed by atoms with Crippen LogP contribution < -0.4 is 0 Å². The zero-order valence-corrected chi connectivity index (χ0v) is 11.7. The number of hydrogen-bond acceptors (Lipinski definition) is 4. The van der Waals surface area contributed by atoms with Gasteiger partial charge in [0.2, 0.25) is 0 Å².